The average molecular weight is 200 g/mol. The summed E-state index contributed by atoms with van der Waals surface area (Å²) < 4.78 is 0. The smallest absolute Gasteiger partial charge is 0.319 e. The maximum atomic E-state index is 11.6. The first-order chi connectivity index (χ1) is 6.65. The largest absolute Gasteiger partial charge is 0.396 e. The number of likely N-dealkylation sites (tertiary alicyclic amines) is 1. The Balaban J connectivity index is 2.43. The molecule has 1 heterocycles. The molecule has 0 aromatic rings. The molecule has 1 unspecified atom stereocenters. The number of aliphatic hydroxyl groups is 1. The van der Waals surface area contributed by atoms with E-state index in [4.69, 9.17) is 5.11 Å². The van der Waals surface area contributed by atoms with Gasteiger partial charge in [0.2, 0.25) is 0 Å². The molecule has 82 valence electrons. The maximum absolute atomic E-state index is 11.6. The Hall–Kier alpha value is -0.770. The van der Waals surface area contributed by atoms with Crippen LogP contribution in [0.25, 0.3) is 0 Å². The van der Waals surface area contributed by atoms with Gasteiger partial charge in [-0.15, -0.1) is 0 Å². The van der Waals surface area contributed by atoms with Gasteiger partial charge in [-0.25, -0.2) is 4.79 Å². The minimum absolute atomic E-state index is 0.0904. The molecule has 0 aliphatic carbocycles. The first kappa shape index (κ1) is 11.3. The van der Waals surface area contributed by atoms with Crippen LogP contribution in [0.5, 0.6) is 0 Å². The molecule has 4 heteroatoms. The van der Waals surface area contributed by atoms with Crippen molar-refractivity contribution in [3.63, 3.8) is 0 Å². The van der Waals surface area contributed by atoms with Gasteiger partial charge in [0, 0.05) is 33.8 Å². The summed E-state index contributed by atoms with van der Waals surface area (Å²) in [5.41, 5.74) is 0. The van der Waals surface area contributed by atoms with Crippen molar-refractivity contribution in [2.24, 2.45) is 5.92 Å². The SMILES string of the molecule is CN(C)C(=O)N1CCCC(CCO)C1. The molecular weight excluding hydrogens is 180 g/mol. The molecule has 0 bridgehead atoms. The lowest BCUT2D eigenvalue weighted by Crippen LogP contribution is -2.45. The Labute approximate surface area is 85.5 Å². The first-order valence-corrected chi connectivity index (χ1v) is 5.22. The number of urea groups is 1. The Bertz CT molecular complexity index is 193. The molecule has 0 saturated carbocycles. The Morgan fingerprint density at radius 3 is 2.86 bits per heavy atom. The quantitative estimate of drug-likeness (QED) is 0.715. The van der Waals surface area contributed by atoms with Gasteiger partial charge in [-0.1, -0.05) is 0 Å². The lowest BCUT2D eigenvalue weighted by Gasteiger charge is -2.34. The molecule has 0 spiro atoms. The molecule has 1 saturated heterocycles. The average Bonchev–Trinajstić information content (AvgIpc) is 2.17. The van der Waals surface area contributed by atoms with Crippen molar-refractivity contribution in [2.45, 2.75) is 19.3 Å². The Kier molecular flexibility index (Phi) is 4.20. The molecule has 14 heavy (non-hydrogen) atoms. The fraction of sp³-hybridized carbons (Fsp3) is 0.900. The number of carbonyl (C=O) groups is 1. The van der Waals surface area contributed by atoms with Gasteiger partial charge in [-0.05, 0) is 25.2 Å². The topological polar surface area (TPSA) is 43.8 Å². The van der Waals surface area contributed by atoms with E-state index in [-0.39, 0.29) is 12.6 Å². The molecule has 2 amide bonds. The van der Waals surface area contributed by atoms with E-state index in [2.05, 4.69) is 0 Å². The van der Waals surface area contributed by atoms with Crippen LogP contribution < -0.4 is 0 Å². The van der Waals surface area contributed by atoms with Gasteiger partial charge in [0.1, 0.15) is 0 Å². The molecule has 1 rings (SSSR count). The molecule has 0 aromatic heterocycles. The zero-order valence-electron chi connectivity index (χ0n) is 9.07. The van der Waals surface area contributed by atoms with E-state index in [1.54, 1.807) is 19.0 Å². The van der Waals surface area contributed by atoms with Crippen molar-refractivity contribution < 1.29 is 9.90 Å². The highest BCUT2D eigenvalue weighted by molar-refractivity contribution is 5.73. The summed E-state index contributed by atoms with van der Waals surface area (Å²) in [7, 11) is 3.55. The summed E-state index contributed by atoms with van der Waals surface area (Å²) in [4.78, 5) is 15.1. The van der Waals surface area contributed by atoms with Crippen LogP contribution in [0.15, 0.2) is 0 Å². The molecule has 1 atom stereocenters. The third kappa shape index (κ3) is 2.87. The third-order valence-corrected chi connectivity index (χ3v) is 2.71. The molecule has 1 aliphatic heterocycles. The van der Waals surface area contributed by atoms with Gasteiger partial charge in [0.05, 0.1) is 0 Å². The number of rotatable bonds is 2. The fourth-order valence-electron chi connectivity index (χ4n) is 1.94. The number of hydrogen-bond acceptors (Lipinski definition) is 2. The zero-order chi connectivity index (χ0) is 10.6. The first-order valence-electron chi connectivity index (χ1n) is 5.22. The van der Waals surface area contributed by atoms with Crippen LogP contribution in [-0.2, 0) is 0 Å². The predicted molar refractivity (Wildman–Crippen MR) is 55.1 cm³/mol. The van der Waals surface area contributed by atoms with Crippen molar-refractivity contribution in [3.05, 3.63) is 0 Å². The van der Waals surface area contributed by atoms with Gasteiger partial charge < -0.3 is 14.9 Å². The monoisotopic (exact) mass is 200 g/mol. The van der Waals surface area contributed by atoms with Crippen LogP contribution in [0.4, 0.5) is 4.79 Å². The highest BCUT2D eigenvalue weighted by Crippen LogP contribution is 2.19. The van der Waals surface area contributed by atoms with E-state index in [9.17, 15) is 4.79 Å². The fourth-order valence-corrected chi connectivity index (χ4v) is 1.94. The van der Waals surface area contributed by atoms with E-state index in [1.165, 1.54) is 0 Å². The Morgan fingerprint density at radius 2 is 2.29 bits per heavy atom. The lowest BCUT2D eigenvalue weighted by molar-refractivity contribution is 0.132. The van der Waals surface area contributed by atoms with Crippen LogP contribution in [0.1, 0.15) is 19.3 Å². The second-order valence-electron chi connectivity index (χ2n) is 4.14. The van der Waals surface area contributed by atoms with Crippen LogP contribution in [-0.4, -0.2) is 54.7 Å². The van der Waals surface area contributed by atoms with Crippen molar-refractivity contribution in [3.8, 4) is 0 Å². The molecule has 0 aromatic carbocycles. The minimum atomic E-state index is 0.0904. The highest BCUT2D eigenvalue weighted by Gasteiger charge is 2.23. The number of aliphatic hydroxyl groups excluding tert-OH is 1. The molecular formula is C10H20N2O2. The van der Waals surface area contributed by atoms with Crippen LogP contribution in [0.2, 0.25) is 0 Å². The van der Waals surface area contributed by atoms with Crippen LogP contribution in [0.3, 0.4) is 0 Å². The summed E-state index contributed by atoms with van der Waals surface area (Å²) >= 11 is 0. The second kappa shape index (κ2) is 5.20. The molecule has 1 N–H and O–H groups in total. The number of nitrogens with zero attached hydrogens (tertiary/aromatic N) is 2. The summed E-state index contributed by atoms with van der Waals surface area (Å²) in [5, 5.41) is 8.84. The van der Waals surface area contributed by atoms with Gasteiger partial charge in [0.25, 0.3) is 0 Å². The Morgan fingerprint density at radius 1 is 1.57 bits per heavy atom. The lowest BCUT2D eigenvalue weighted by atomic mass is 9.95. The maximum Gasteiger partial charge on any atom is 0.319 e. The van der Waals surface area contributed by atoms with Crippen molar-refractivity contribution in [1.29, 1.82) is 0 Å². The van der Waals surface area contributed by atoms with Gasteiger partial charge in [-0.3, -0.25) is 0 Å². The second-order valence-corrected chi connectivity index (χ2v) is 4.14. The van der Waals surface area contributed by atoms with E-state index >= 15 is 0 Å². The number of carbonyl (C=O) groups excluding carboxylic acids is 1. The molecule has 4 nitrogen and oxygen atoms in total. The summed E-state index contributed by atoms with van der Waals surface area (Å²) in [6, 6.07) is 0.0904. The summed E-state index contributed by atoms with van der Waals surface area (Å²) in [6.07, 6.45) is 3.01. The van der Waals surface area contributed by atoms with Crippen LogP contribution in [0, 0.1) is 5.92 Å². The van der Waals surface area contributed by atoms with E-state index in [0.29, 0.717) is 5.92 Å². The van der Waals surface area contributed by atoms with Gasteiger partial charge >= 0.3 is 6.03 Å². The van der Waals surface area contributed by atoms with Gasteiger partial charge in [-0.2, -0.15) is 0 Å². The van der Waals surface area contributed by atoms with E-state index in [1.807, 2.05) is 4.90 Å². The van der Waals surface area contributed by atoms with Crippen molar-refractivity contribution >= 4 is 6.03 Å². The van der Waals surface area contributed by atoms with E-state index in [0.717, 1.165) is 32.4 Å². The standard InChI is InChI=1S/C10H20N2O2/c1-11(2)10(14)12-6-3-4-9(8-12)5-7-13/h9,13H,3-8H2,1-2H3. The normalized spacial score (nSPS) is 22.2. The minimum Gasteiger partial charge on any atom is -0.396 e. The predicted octanol–water partition coefficient (Wildman–Crippen LogP) is 0.762. The van der Waals surface area contributed by atoms with Crippen molar-refractivity contribution in [2.75, 3.05) is 33.8 Å². The summed E-state index contributed by atoms with van der Waals surface area (Å²) in [6.45, 7) is 1.89. The van der Waals surface area contributed by atoms with Crippen molar-refractivity contribution in [1.82, 2.24) is 9.80 Å². The molecule has 0 radical (unpaired) electrons. The third-order valence-electron chi connectivity index (χ3n) is 2.71. The summed E-state index contributed by atoms with van der Waals surface area (Å²) in [5.74, 6) is 0.484. The zero-order valence-corrected chi connectivity index (χ0v) is 9.07. The molecule has 1 aliphatic rings. The van der Waals surface area contributed by atoms with Gasteiger partial charge in [0.15, 0.2) is 0 Å². The molecule has 1 fully saturated rings. The highest BCUT2D eigenvalue weighted by atomic mass is 16.3. The number of piperidine rings is 1. The van der Waals surface area contributed by atoms with E-state index < -0.39 is 0 Å². The number of hydrogen-bond donors (Lipinski definition) is 1. The number of amides is 2. The van der Waals surface area contributed by atoms with Crippen LogP contribution >= 0.6 is 0 Å².